The van der Waals surface area contributed by atoms with Gasteiger partial charge in [-0.05, 0) is 13.8 Å². The van der Waals surface area contributed by atoms with Gasteiger partial charge in [0.15, 0.2) is 9.84 Å². The van der Waals surface area contributed by atoms with Crippen LogP contribution in [0.3, 0.4) is 0 Å². The smallest absolute Gasteiger partial charge is 0.326 e. The largest absolute Gasteiger partial charge is 0.480 e. The summed E-state index contributed by atoms with van der Waals surface area (Å²) in [5, 5.41) is 19.5. The summed E-state index contributed by atoms with van der Waals surface area (Å²) in [6.07, 6.45) is 0.718. The molecule has 100 valence electrons. The number of nitrogens with one attached hydrogen (secondary N) is 1. The Kier molecular flexibility index (Phi) is 5.09. The van der Waals surface area contributed by atoms with Crippen LogP contribution in [0.25, 0.3) is 0 Å². The molecule has 17 heavy (non-hydrogen) atoms. The van der Waals surface area contributed by atoms with Crippen LogP contribution in [0.1, 0.15) is 20.3 Å². The number of sulfone groups is 1. The van der Waals surface area contributed by atoms with E-state index < -0.39 is 39.1 Å². The Balaban J connectivity index is 4.91. The second-order valence-electron chi connectivity index (χ2n) is 4.16. The Morgan fingerprint density at radius 1 is 1.35 bits per heavy atom. The van der Waals surface area contributed by atoms with Crippen molar-refractivity contribution in [3.05, 3.63) is 0 Å². The Morgan fingerprint density at radius 2 is 1.82 bits per heavy atom. The Labute approximate surface area is 99.7 Å². The number of aliphatic hydroxyl groups is 1. The van der Waals surface area contributed by atoms with Gasteiger partial charge in [0.2, 0.25) is 5.91 Å². The van der Waals surface area contributed by atoms with Crippen LogP contribution in [0, 0.1) is 0 Å². The van der Waals surface area contributed by atoms with Crippen molar-refractivity contribution in [1.29, 1.82) is 0 Å². The van der Waals surface area contributed by atoms with E-state index in [0.29, 0.717) is 0 Å². The molecule has 8 heteroatoms. The number of aliphatic carboxylic acids is 1. The molecule has 0 saturated heterocycles. The van der Waals surface area contributed by atoms with Gasteiger partial charge in [0, 0.05) is 19.3 Å². The lowest BCUT2D eigenvalue weighted by Gasteiger charge is -2.23. The van der Waals surface area contributed by atoms with Crippen molar-refractivity contribution in [1.82, 2.24) is 5.32 Å². The first kappa shape index (κ1) is 15.9. The highest BCUT2D eigenvalue weighted by Gasteiger charge is 2.40. The summed E-state index contributed by atoms with van der Waals surface area (Å²) in [5.41, 5.74) is 0. The minimum Gasteiger partial charge on any atom is -0.480 e. The van der Waals surface area contributed by atoms with Crippen molar-refractivity contribution >= 4 is 21.7 Å². The van der Waals surface area contributed by atoms with Gasteiger partial charge in [-0.1, -0.05) is 0 Å². The summed E-state index contributed by atoms with van der Waals surface area (Å²) in [6.45, 7) is 1.96. The molecule has 0 fully saturated rings. The molecule has 7 nitrogen and oxygen atoms in total. The summed E-state index contributed by atoms with van der Waals surface area (Å²) >= 11 is 0. The van der Waals surface area contributed by atoms with E-state index in [1.54, 1.807) is 0 Å². The molecule has 0 aliphatic rings. The molecule has 0 unspecified atom stereocenters. The van der Waals surface area contributed by atoms with E-state index in [1.807, 2.05) is 0 Å². The number of carbonyl (C=O) groups excluding carboxylic acids is 1. The van der Waals surface area contributed by atoms with Crippen molar-refractivity contribution in [3.8, 4) is 0 Å². The lowest BCUT2D eigenvalue weighted by atomic mass is 10.1. The van der Waals surface area contributed by atoms with Crippen molar-refractivity contribution < 1.29 is 28.2 Å². The third-order valence-electron chi connectivity index (χ3n) is 2.49. The van der Waals surface area contributed by atoms with Gasteiger partial charge in [-0.3, -0.25) is 4.79 Å². The molecule has 0 aromatic carbocycles. The first-order valence-electron chi connectivity index (χ1n) is 4.88. The quantitative estimate of drug-likeness (QED) is 0.553. The summed E-state index contributed by atoms with van der Waals surface area (Å²) < 4.78 is 21.0. The van der Waals surface area contributed by atoms with Gasteiger partial charge in [0.25, 0.3) is 0 Å². The van der Waals surface area contributed by atoms with Crippen LogP contribution in [0.4, 0.5) is 0 Å². The minimum atomic E-state index is -3.66. The average Bonchev–Trinajstić information content (AvgIpc) is 2.14. The molecule has 0 aromatic heterocycles. The molecule has 0 radical (unpaired) electrons. The highest BCUT2D eigenvalue weighted by molar-refractivity contribution is 7.92. The van der Waals surface area contributed by atoms with Crippen LogP contribution in [-0.4, -0.2) is 54.2 Å². The molecule has 0 aromatic rings. The van der Waals surface area contributed by atoms with E-state index in [9.17, 15) is 18.0 Å². The highest BCUT2D eigenvalue weighted by atomic mass is 32.2. The van der Waals surface area contributed by atoms with Gasteiger partial charge in [0.05, 0.1) is 0 Å². The van der Waals surface area contributed by atoms with E-state index in [0.717, 1.165) is 6.26 Å². The van der Waals surface area contributed by atoms with E-state index in [2.05, 4.69) is 5.32 Å². The fourth-order valence-corrected chi connectivity index (χ4v) is 1.28. The number of carboxylic acids is 1. The van der Waals surface area contributed by atoms with Crippen LogP contribution in [-0.2, 0) is 19.4 Å². The van der Waals surface area contributed by atoms with E-state index in [4.69, 9.17) is 10.2 Å². The second kappa shape index (κ2) is 5.46. The van der Waals surface area contributed by atoms with E-state index >= 15 is 0 Å². The standard InChI is InChI=1S/C9H17NO6S/c1-9(2,17(3,15)16)8(14)10-6(4-5-11)7(12)13/h6,11H,4-5H2,1-3H3,(H,10,14)(H,12,13)/t6-/m0/s1. The maximum absolute atomic E-state index is 11.7. The summed E-state index contributed by atoms with van der Waals surface area (Å²) in [4.78, 5) is 22.4. The molecule has 0 saturated carbocycles. The summed E-state index contributed by atoms with van der Waals surface area (Å²) in [7, 11) is -3.66. The summed E-state index contributed by atoms with van der Waals surface area (Å²) in [5.74, 6) is -2.22. The first-order valence-corrected chi connectivity index (χ1v) is 6.77. The van der Waals surface area contributed by atoms with Crippen molar-refractivity contribution in [2.24, 2.45) is 0 Å². The zero-order chi connectivity index (χ0) is 13.9. The molecule has 3 N–H and O–H groups in total. The number of carbonyl (C=O) groups is 2. The Morgan fingerprint density at radius 3 is 2.12 bits per heavy atom. The highest BCUT2D eigenvalue weighted by Crippen LogP contribution is 2.15. The number of amides is 1. The molecule has 0 aliphatic carbocycles. The van der Waals surface area contributed by atoms with Crippen LogP contribution in [0.2, 0.25) is 0 Å². The number of rotatable bonds is 6. The zero-order valence-electron chi connectivity index (χ0n) is 9.93. The van der Waals surface area contributed by atoms with Crippen molar-refractivity contribution in [2.75, 3.05) is 12.9 Å². The van der Waals surface area contributed by atoms with Gasteiger partial charge in [0.1, 0.15) is 10.8 Å². The predicted octanol–water partition coefficient (Wildman–Crippen LogP) is -1.24. The maximum atomic E-state index is 11.7. The minimum absolute atomic E-state index is 0.180. The van der Waals surface area contributed by atoms with Crippen LogP contribution >= 0.6 is 0 Å². The predicted molar refractivity (Wildman–Crippen MR) is 60.2 cm³/mol. The van der Waals surface area contributed by atoms with Crippen molar-refractivity contribution in [2.45, 2.75) is 31.1 Å². The van der Waals surface area contributed by atoms with Crippen LogP contribution in [0.15, 0.2) is 0 Å². The molecule has 0 bridgehead atoms. The number of aliphatic hydroxyl groups excluding tert-OH is 1. The van der Waals surface area contributed by atoms with Gasteiger partial charge in [-0.15, -0.1) is 0 Å². The normalized spacial score (nSPS) is 14.1. The fourth-order valence-electron chi connectivity index (χ4n) is 0.887. The monoisotopic (exact) mass is 267 g/mol. The Bertz CT molecular complexity index is 400. The zero-order valence-corrected chi connectivity index (χ0v) is 10.7. The van der Waals surface area contributed by atoms with Gasteiger partial charge in [-0.25, -0.2) is 13.2 Å². The molecule has 0 spiro atoms. The molecule has 0 rings (SSSR count). The van der Waals surface area contributed by atoms with Gasteiger partial charge in [-0.2, -0.15) is 0 Å². The van der Waals surface area contributed by atoms with Gasteiger partial charge >= 0.3 is 5.97 Å². The second-order valence-corrected chi connectivity index (χ2v) is 6.72. The average molecular weight is 267 g/mol. The van der Waals surface area contributed by atoms with E-state index in [-0.39, 0.29) is 6.42 Å². The third kappa shape index (κ3) is 3.97. The van der Waals surface area contributed by atoms with Crippen LogP contribution < -0.4 is 5.32 Å². The molecule has 0 aliphatic heterocycles. The molecular weight excluding hydrogens is 250 g/mol. The molecular formula is C9H17NO6S. The van der Waals surface area contributed by atoms with Crippen molar-refractivity contribution in [3.63, 3.8) is 0 Å². The lowest BCUT2D eigenvalue weighted by molar-refractivity contribution is -0.142. The molecule has 1 atom stereocenters. The number of hydrogen-bond acceptors (Lipinski definition) is 5. The lowest BCUT2D eigenvalue weighted by Crippen LogP contribution is -2.53. The SMILES string of the molecule is CC(C)(C(=O)N[C@@H](CCO)C(=O)O)S(C)(=O)=O. The number of carboxylic acid groups (broad SMARTS) is 1. The Hall–Kier alpha value is -1.15. The molecule has 0 heterocycles. The van der Waals surface area contributed by atoms with E-state index in [1.165, 1.54) is 13.8 Å². The summed E-state index contributed by atoms with van der Waals surface area (Å²) in [6, 6.07) is -1.30. The fraction of sp³-hybridized carbons (Fsp3) is 0.778. The number of hydrogen-bond donors (Lipinski definition) is 3. The topological polar surface area (TPSA) is 121 Å². The third-order valence-corrected chi connectivity index (χ3v) is 4.53. The molecule has 1 amide bonds. The van der Waals surface area contributed by atoms with Gasteiger partial charge < -0.3 is 15.5 Å². The maximum Gasteiger partial charge on any atom is 0.326 e. The van der Waals surface area contributed by atoms with Crippen LogP contribution in [0.5, 0.6) is 0 Å². The first-order chi connectivity index (χ1) is 7.54.